The topological polar surface area (TPSA) is 81.5 Å². The fraction of sp³-hybridized carbons (Fsp3) is 0.130. The Balaban J connectivity index is 1.42. The first-order chi connectivity index (χ1) is 15.4. The highest BCUT2D eigenvalue weighted by atomic mass is 35.5. The zero-order valence-corrected chi connectivity index (χ0v) is 17.1. The van der Waals surface area contributed by atoms with Crippen LogP contribution >= 0.6 is 11.6 Å². The summed E-state index contributed by atoms with van der Waals surface area (Å²) < 4.78 is 33.8. The first kappa shape index (κ1) is 20.3. The van der Waals surface area contributed by atoms with Crippen LogP contribution in [0.25, 0.3) is 22.6 Å². The lowest BCUT2D eigenvalue weighted by molar-refractivity contribution is -0.384. The Labute approximate surface area is 185 Å². The van der Waals surface area contributed by atoms with Crippen LogP contribution in [0.2, 0.25) is 5.02 Å². The summed E-state index contributed by atoms with van der Waals surface area (Å²) >= 11 is 5.94. The molecule has 0 saturated carbocycles. The maximum absolute atomic E-state index is 14.1. The van der Waals surface area contributed by atoms with Crippen molar-refractivity contribution in [2.45, 2.75) is 18.9 Å². The fourth-order valence-electron chi connectivity index (χ4n) is 3.84. The Morgan fingerprint density at radius 1 is 1.09 bits per heavy atom. The number of benzene rings is 3. The molecule has 0 aliphatic carbocycles. The number of aromatic nitrogens is 1. The zero-order chi connectivity index (χ0) is 22.4. The van der Waals surface area contributed by atoms with Crippen LogP contribution < -0.4 is 0 Å². The van der Waals surface area contributed by atoms with Crippen LogP contribution in [-0.2, 0) is 0 Å². The van der Waals surface area contributed by atoms with Crippen molar-refractivity contribution in [2.75, 3.05) is 0 Å². The first-order valence-electron chi connectivity index (χ1n) is 9.76. The largest absolute Gasteiger partial charge is 0.436 e. The molecule has 1 atom stereocenters. The second kappa shape index (κ2) is 7.80. The molecule has 4 aromatic rings. The van der Waals surface area contributed by atoms with E-state index >= 15 is 0 Å². The molecular formula is C23H14ClF2N3O3. The SMILES string of the molecule is O=[N+]([O-])c1cc2oc(-c3ccc(C4CCC(c5c(F)cccc5F)=N4)cc3)nc2cc1Cl. The quantitative estimate of drug-likeness (QED) is 0.255. The van der Waals surface area contributed by atoms with Crippen LogP contribution in [0.15, 0.2) is 64.0 Å². The number of nitro benzene ring substituents is 1. The Kier molecular flexibility index (Phi) is 4.94. The van der Waals surface area contributed by atoms with Gasteiger partial charge < -0.3 is 4.42 Å². The third-order valence-corrected chi connectivity index (χ3v) is 5.72. The molecular weight excluding hydrogens is 440 g/mol. The summed E-state index contributed by atoms with van der Waals surface area (Å²) in [7, 11) is 0. The number of hydrogen-bond donors (Lipinski definition) is 0. The van der Waals surface area contributed by atoms with Gasteiger partial charge in [-0.1, -0.05) is 29.8 Å². The molecule has 1 aromatic heterocycles. The molecule has 160 valence electrons. The lowest BCUT2D eigenvalue weighted by atomic mass is 10.0. The van der Waals surface area contributed by atoms with Crippen LogP contribution in [0.5, 0.6) is 0 Å². The summed E-state index contributed by atoms with van der Waals surface area (Å²) in [5, 5.41) is 11.0. The smallest absolute Gasteiger partial charge is 0.291 e. The van der Waals surface area contributed by atoms with Crippen molar-refractivity contribution in [1.82, 2.24) is 4.98 Å². The van der Waals surface area contributed by atoms with Gasteiger partial charge in [0.2, 0.25) is 5.89 Å². The van der Waals surface area contributed by atoms with Crippen molar-refractivity contribution in [2.24, 2.45) is 4.99 Å². The van der Waals surface area contributed by atoms with E-state index in [1.165, 1.54) is 30.3 Å². The van der Waals surface area contributed by atoms with Gasteiger partial charge in [0.15, 0.2) is 5.58 Å². The van der Waals surface area contributed by atoms with Gasteiger partial charge in [0, 0.05) is 11.3 Å². The van der Waals surface area contributed by atoms with E-state index in [2.05, 4.69) is 9.98 Å². The summed E-state index contributed by atoms with van der Waals surface area (Å²) in [6, 6.07) is 13.5. The molecule has 0 fully saturated rings. The minimum Gasteiger partial charge on any atom is -0.436 e. The predicted molar refractivity (Wildman–Crippen MR) is 116 cm³/mol. The molecule has 32 heavy (non-hydrogen) atoms. The first-order valence-corrected chi connectivity index (χ1v) is 10.1. The Hall–Kier alpha value is -3.65. The van der Waals surface area contributed by atoms with E-state index in [1.807, 2.05) is 12.1 Å². The van der Waals surface area contributed by atoms with Crippen LogP contribution in [0.4, 0.5) is 14.5 Å². The third-order valence-electron chi connectivity index (χ3n) is 5.41. The Morgan fingerprint density at radius 2 is 1.81 bits per heavy atom. The van der Waals surface area contributed by atoms with Gasteiger partial charge in [-0.3, -0.25) is 15.1 Å². The summed E-state index contributed by atoms with van der Waals surface area (Å²) in [5.41, 5.74) is 2.35. The fourth-order valence-corrected chi connectivity index (χ4v) is 4.07. The molecule has 2 heterocycles. The van der Waals surface area contributed by atoms with E-state index in [1.54, 1.807) is 12.1 Å². The molecule has 0 bridgehead atoms. The predicted octanol–water partition coefficient (Wildman–Crippen LogP) is 6.66. The third kappa shape index (κ3) is 3.52. The van der Waals surface area contributed by atoms with E-state index in [0.29, 0.717) is 35.5 Å². The van der Waals surface area contributed by atoms with Crippen LogP contribution in [0, 0.1) is 21.7 Å². The maximum Gasteiger partial charge on any atom is 0.291 e. The van der Waals surface area contributed by atoms with Crippen molar-refractivity contribution >= 4 is 34.1 Å². The van der Waals surface area contributed by atoms with E-state index in [9.17, 15) is 18.9 Å². The standard InChI is InChI=1S/C23H14ClF2N3O3/c24-14-10-19-21(11-20(14)29(30)31)32-23(28-19)13-6-4-12(5-7-13)17-8-9-18(27-17)22-15(25)2-1-3-16(22)26/h1-7,10-11,17H,8-9H2. The zero-order valence-electron chi connectivity index (χ0n) is 16.4. The van der Waals surface area contributed by atoms with Gasteiger partial charge in [-0.25, -0.2) is 13.8 Å². The van der Waals surface area contributed by atoms with Crippen molar-refractivity contribution in [3.05, 3.63) is 92.5 Å². The van der Waals surface area contributed by atoms with Gasteiger partial charge in [0.05, 0.1) is 22.6 Å². The summed E-state index contributed by atoms with van der Waals surface area (Å²) in [5.74, 6) is -0.931. The van der Waals surface area contributed by atoms with Gasteiger partial charge >= 0.3 is 0 Å². The molecule has 6 nitrogen and oxygen atoms in total. The second-order valence-electron chi connectivity index (χ2n) is 7.40. The summed E-state index contributed by atoms with van der Waals surface area (Å²) in [4.78, 5) is 19.4. The Morgan fingerprint density at radius 3 is 2.50 bits per heavy atom. The molecule has 0 spiro atoms. The lowest BCUT2D eigenvalue weighted by Crippen LogP contribution is -2.03. The van der Waals surface area contributed by atoms with Crippen LogP contribution in [0.3, 0.4) is 0 Å². The molecule has 0 amide bonds. The van der Waals surface area contributed by atoms with Crippen molar-refractivity contribution < 1.29 is 18.1 Å². The van der Waals surface area contributed by atoms with Crippen molar-refractivity contribution in [1.29, 1.82) is 0 Å². The average molecular weight is 454 g/mol. The molecule has 0 N–H and O–H groups in total. The van der Waals surface area contributed by atoms with Gasteiger partial charge in [-0.15, -0.1) is 0 Å². The minimum absolute atomic E-state index is 0.0149. The van der Waals surface area contributed by atoms with Gasteiger partial charge in [0.1, 0.15) is 22.2 Å². The summed E-state index contributed by atoms with van der Waals surface area (Å²) in [6.07, 6.45) is 1.13. The van der Waals surface area contributed by atoms with Gasteiger partial charge in [-0.05, 0) is 48.7 Å². The molecule has 0 radical (unpaired) electrons. The van der Waals surface area contributed by atoms with E-state index in [-0.39, 0.29) is 27.9 Å². The second-order valence-corrected chi connectivity index (χ2v) is 7.80. The number of rotatable bonds is 4. The Bertz CT molecular complexity index is 1380. The number of fused-ring (bicyclic) bond motifs is 1. The number of oxazole rings is 1. The number of halogens is 3. The molecule has 1 unspecified atom stereocenters. The molecule has 3 aromatic carbocycles. The molecule has 9 heteroatoms. The molecule has 0 saturated heterocycles. The van der Waals surface area contributed by atoms with Crippen molar-refractivity contribution in [3.63, 3.8) is 0 Å². The maximum atomic E-state index is 14.1. The number of hydrogen-bond acceptors (Lipinski definition) is 5. The molecule has 1 aliphatic rings. The highest BCUT2D eigenvalue weighted by Crippen LogP contribution is 2.35. The molecule has 1 aliphatic heterocycles. The normalized spacial score (nSPS) is 15.8. The van der Waals surface area contributed by atoms with Crippen LogP contribution in [0.1, 0.15) is 30.0 Å². The van der Waals surface area contributed by atoms with E-state index in [4.69, 9.17) is 16.0 Å². The number of nitro groups is 1. The average Bonchev–Trinajstić information content (AvgIpc) is 3.40. The highest BCUT2D eigenvalue weighted by molar-refractivity contribution is 6.33. The monoisotopic (exact) mass is 453 g/mol. The number of nitrogens with zero attached hydrogens (tertiary/aromatic N) is 3. The van der Waals surface area contributed by atoms with Crippen molar-refractivity contribution in [3.8, 4) is 11.5 Å². The van der Waals surface area contributed by atoms with Crippen LogP contribution in [-0.4, -0.2) is 15.6 Å². The highest BCUT2D eigenvalue weighted by Gasteiger charge is 2.24. The van der Waals surface area contributed by atoms with E-state index in [0.717, 1.165) is 5.56 Å². The minimum atomic E-state index is -0.615. The lowest BCUT2D eigenvalue weighted by Gasteiger charge is -2.07. The van der Waals surface area contributed by atoms with E-state index < -0.39 is 16.6 Å². The van der Waals surface area contributed by atoms with Gasteiger partial charge in [-0.2, -0.15) is 0 Å². The number of aliphatic imine (C=N–C) groups is 1. The molecule has 5 rings (SSSR count). The summed E-state index contributed by atoms with van der Waals surface area (Å²) in [6.45, 7) is 0. The van der Waals surface area contributed by atoms with Gasteiger partial charge in [0.25, 0.3) is 5.69 Å².